The molecule has 1 aliphatic heterocycles. The van der Waals surface area contributed by atoms with Gasteiger partial charge in [0, 0.05) is 22.6 Å². The Balaban J connectivity index is 1.20. The Hall–Kier alpha value is -0.770. The number of carbonyl (C=O) groups is 2. The van der Waals surface area contributed by atoms with Gasteiger partial charge in [0.05, 0.1) is 0 Å². The van der Waals surface area contributed by atoms with Crippen molar-refractivity contribution >= 4 is 22.8 Å². The van der Waals surface area contributed by atoms with E-state index in [1.54, 1.807) is 11.8 Å². The minimum absolute atomic E-state index is 0.159. The lowest BCUT2D eigenvalue weighted by Crippen LogP contribution is -2.54. The maximum absolute atomic E-state index is 13.5. The fraction of sp³-hybridized carbons (Fsp3) is 0.846. The predicted octanol–water partition coefficient (Wildman–Crippen LogP) is 5.35. The van der Waals surface area contributed by atoms with E-state index in [4.69, 9.17) is 0 Å². The standard InChI is InChI=1S/C26H37NO2S/c1-25-11-9-19-17(5-8-22-26(19,2)12-10-23(28)30-22)18(25)6-7-20(25)24(29)27-21-14-15-3-4-16(21)13-15/h10,12,15-22H,3-9,11,13-14H2,1-2H3,(H,27,29)/t15?,16?,17-,18-,19+,20?,21?,22?,25-,26+/m0/s1. The average molecular weight is 428 g/mol. The molecule has 6 aliphatic rings. The van der Waals surface area contributed by atoms with Crippen LogP contribution in [0.1, 0.15) is 78.1 Å². The summed E-state index contributed by atoms with van der Waals surface area (Å²) in [5.41, 5.74) is 0.333. The smallest absolute Gasteiger partial charge is 0.223 e. The molecule has 0 saturated heterocycles. The molecule has 5 aliphatic carbocycles. The Morgan fingerprint density at radius 3 is 2.67 bits per heavy atom. The van der Waals surface area contributed by atoms with Crippen LogP contribution in [0.25, 0.3) is 0 Å². The molecule has 0 aromatic heterocycles. The molecule has 3 nitrogen and oxygen atoms in total. The van der Waals surface area contributed by atoms with Crippen molar-refractivity contribution in [3.8, 4) is 0 Å². The molecule has 0 spiro atoms. The van der Waals surface area contributed by atoms with Crippen molar-refractivity contribution in [3.05, 3.63) is 12.2 Å². The van der Waals surface area contributed by atoms with Crippen molar-refractivity contribution in [2.45, 2.75) is 89.3 Å². The summed E-state index contributed by atoms with van der Waals surface area (Å²) < 4.78 is 0. The van der Waals surface area contributed by atoms with Crippen LogP contribution < -0.4 is 5.32 Å². The number of rotatable bonds is 2. The summed E-state index contributed by atoms with van der Waals surface area (Å²) in [5, 5.41) is 4.25. The summed E-state index contributed by atoms with van der Waals surface area (Å²) in [6.45, 7) is 4.87. The molecule has 4 heteroatoms. The first-order valence-electron chi connectivity index (χ1n) is 12.6. The van der Waals surface area contributed by atoms with E-state index in [1.165, 1.54) is 51.4 Å². The first kappa shape index (κ1) is 19.9. The highest BCUT2D eigenvalue weighted by Gasteiger charge is 2.61. The van der Waals surface area contributed by atoms with Gasteiger partial charge in [0.2, 0.25) is 11.0 Å². The molecule has 6 rings (SSSR count). The van der Waals surface area contributed by atoms with Crippen LogP contribution in [-0.4, -0.2) is 22.3 Å². The molecule has 2 bridgehead atoms. The lowest BCUT2D eigenvalue weighted by Gasteiger charge is -2.58. The van der Waals surface area contributed by atoms with E-state index in [1.807, 2.05) is 6.08 Å². The Morgan fingerprint density at radius 2 is 1.90 bits per heavy atom. The Bertz CT molecular complexity index is 794. The van der Waals surface area contributed by atoms with E-state index >= 15 is 0 Å². The molecule has 30 heavy (non-hydrogen) atoms. The number of hydrogen-bond acceptors (Lipinski definition) is 3. The number of amides is 1. The third-order valence-electron chi connectivity index (χ3n) is 10.9. The molecular weight excluding hydrogens is 390 g/mol. The average Bonchev–Trinajstić information content (AvgIpc) is 3.42. The number of allylic oxidation sites excluding steroid dienone is 1. The Labute approximate surface area is 185 Å². The van der Waals surface area contributed by atoms with Crippen molar-refractivity contribution in [2.24, 2.45) is 46.3 Å². The molecule has 0 aromatic rings. The van der Waals surface area contributed by atoms with E-state index in [2.05, 4.69) is 25.2 Å². The van der Waals surface area contributed by atoms with Gasteiger partial charge in [-0.05, 0) is 98.9 Å². The zero-order valence-electron chi connectivity index (χ0n) is 18.6. The van der Waals surface area contributed by atoms with Gasteiger partial charge >= 0.3 is 0 Å². The molecule has 5 unspecified atom stereocenters. The molecule has 1 heterocycles. The second-order valence-corrected chi connectivity index (χ2v) is 13.3. The fourth-order valence-corrected chi connectivity index (χ4v) is 10.5. The third kappa shape index (κ3) is 2.77. The maximum Gasteiger partial charge on any atom is 0.223 e. The number of carbonyl (C=O) groups excluding carboxylic acids is 2. The summed E-state index contributed by atoms with van der Waals surface area (Å²) in [5.74, 6) is 4.32. The van der Waals surface area contributed by atoms with Gasteiger partial charge in [-0.15, -0.1) is 0 Å². The van der Waals surface area contributed by atoms with Gasteiger partial charge in [-0.2, -0.15) is 0 Å². The van der Waals surface area contributed by atoms with Crippen molar-refractivity contribution in [1.82, 2.24) is 5.32 Å². The zero-order chi connectivity index (χ0) is 20.7. The van der Waals surface area contributed by atoms with Crippen molar-refractivity contribution < 1.29 is 9.59 Å². The van der Waals surface area contributed by atoms with Crippen molar-refractivity contribution in [1.29, 1.82) is 0 Å². The van der Waals surface area contributed by atoms with Gasteiger partial charge in [-0.25, -0.2) is 0 Å². The van der Waals surface area contributed by atoms with Crippen LogP contribution in [0.2, 0.25) is 0 Å². The highest BCUT2D eigenvalue weighted by molar-refractivity contribution is 8.14. The van der Waals surface area contributed by atoms with E-state index < -0.39 is 0 Å². The van der Waals surface area contributed by atoms with E-state index in [0.29, 0.717) is 29.0 Å². The first-order valence-corrected chi connectivity index (χ1v) is 13.5. The molecule has 1 amide bonds. The van der Waals surface area contributed by atoms with Crippen LogP contribution in [0.5, 0.6) is 0 Å². The number of nitrogens with one attached hydrogen (secondary N) is 1. The molecular formula is C26H37NO2S. The van der Waals surface area contributed by atoms with E-state index in [9.17, 15) is 9.59 Å². The lowest BCUT2D eigenvalue weighted by atomic mass is 9.49. The second-order valence-electron chi connectivity index (χ2n) is 12.0. The Morgan fingerprint density at radius 1 is 1.03 bits per heavy atom. The quantitative estimate of drug-likeness (QED) is 0.646. The fourth-order valence-electron chi connectivity index (χ4n) is 9.34. The normalized spacial score (nSPS) is 53.9. The van der Waals surface area contributed by atoms with Crippen molar-refractivity contribution in [3.63, 3.8) is 0 Å². The lowest BCUT2D eigenvalue weighted by molar-refractivity contribution is -0.133. The van der Waals surface area contributed by atoms with Gasteiger partial charge in [-0.3, -0.25) is 9.59 Å². The van der Waals surface area contributed by atoms with Crippen LogP contribution in [-0.2, 0) is 9.59 Å². The van der Waals surface area contributed by atoms with E-state index in [0.717, 1.165) is 30.6 Å². The molecule has 10 atom stereocenters. The van der Waals surface area contributed by atoms with Gasteiger partial charge in [0.25, 0.3) is 0 Å². The number of thioether (sulfide) groups is 1. The number of hydrogen-bond donors (Lipinski definition) is 1. The minimum Gasteiger partial charge on any atom is -0.353 e. The highest BCUT2D eigenvalue weighted by atomic mass is 32.2. The second kappa shape index (κ2) is 6.86. The summed E-state index contributed by atoms with van der Waals surface area (Å²) in [7, 11) is 0. The molecule has 164 valence electrons. The zero-order valence-corrected chi connectivity index (χ0v) is 19.4. The largest absolute Gasteiger partial charge is 0.353 e. The monoisotopic (exact) mass is 427 g/mol. The minimum atomic E-state index is 0.159. The molecule has 0 aromatic carbocycles. The summed E-state index contributed by atoms with van der Waals surface area (Å²) in [4.78, 5) is 25.5. The van der Waals surface area contributed by atoms with Gasteiger partial charge in [0.15, 0.2) is 0 Å². The van der Waals surface area contributed by atoms with Crippen LogP contribution in [0, 0.1) is 46.3 Å². The first-order chi connectivity index (χ1) is 14.4. The predicted molar refractivity (Wildman–Crippen MR) is 121 cm³/mol. The topological polar surface area (TPSA) is 46.2 Å². The van der Waals surface area contributed by atoms with Gasteiger partial charge < -0.3 is 5.32 Å². The van der Waals surface area contributed by atoms with Crippen LogP contribution >= 0.6 is 11.8 Å². The van der Waals surface area contributed by atoms with Crippen LogP contribution in [0.15, 0.2) is 12.2 Å². The molecule has 0 radical (unpaired) electrons. The van der Waals surface area contributed by atoms with E-state index in [-0.39, 0.29) is 21.9 Å². The molecule has 1 N–H and O–H groups in total. The SMILES string of the molecule is C[C@]12C=CC(=O)SC1CC[C@@H]1[C@H]2CC[C@]2(C)C(C(=O)NC3CC4CCC3C4)CC[C@@H]12. The molecule has 5 saturated carbocycles. The number of fused-ring (bicyclic) bond motifs is 7. The van der Waals surface area contributed by atoms with Crippen molar-refractivity contribution in [2.75, 3.05) is 0 Å². The van der Waals surface area contributed by atoms with Crippen LogP contribution in [0.4, 0.5) is 0 Å². The maximum atomic E-state index is 13.5. The third-order valence-corrected chi connectivity index (χ3v) is 12.3. The highest BCUT2D eigenvalue weighted by Crippen LogP contribution is 2.66. The summed E-state index contributed by atoms with van der Waals surface area (Å²) >= 11 is 1.59. The van der Waals surface area contributed by atoms with Gasteiger partial charge in [-0.1, -0.05) is 38.1 Å². The summed E-state index contributed by atoms with van der Waals surface area (Å²) in [6.07, 6.45) is 16.5. The van der Waals surface area contributed by atoms with Gasteiger partial charge in [0.1, 0.15) is 0 Å². The molecule has 5 fully saturated rings. The Kier molecular flexibility index (Phi) is 4.55. The summed E-state index contributed by atoms with van der Waals surface area (Å²) in [6, 6.07) is 0.464. The van der Waals surface area contributed by atoms with Crippen LogP contribution in [0.3, 0.4) is 0 Å².